The van der Waals surface area contributed by atoms with Gasteiger partial charge in [-0.25, -0.2) is 13.1 Å². The van der Waals surface area contributed by atoms with E-state index in [9.17, 15) is 8.42 Å². The third-order valence-electron chi connectivity index (χ3n) is 5.21. The van der Waals surface area contributed by atoms with Crippen LogP contribution >= 0.6 is 31.9 Å². The number of nitrogens with one attached hydrogen (secondary N) is 1. The number of sulfonamides is 1. The quantitative estimate of drug-likeness (QED) is 0.812. The number of hydrogen-bond donors (Lipinski definition) is 1. The molecule has 0 aromatic heterocycles. The second-order valence-electron chi connectivity index (χ2n) is 6.21. The molecule has 1 N–H and O–H groups in total. The van der Waals surface area contributed by atoms with E-state index in [2.05, 4.69) is 36.6 Å². The van der Waals surface area contributed by atoms with Crippen LogP contribution in [0.3, 0.4) is 0 Å². The van der Waals surface area contributed by atoms with Crippen LogP contribution in [-0.2, 0) is 10.0 Å². The molecule has 3 aliphatic carbocycles. The van der Waals surface area contributed by atoms with Crippen molar-refractivity contribution < 1.29 is 8.42 Å². The van der Waals surface area contributed by atoms with Crippen molar-refractivity contribution in [2.24, 2.45) is 23.7 Å². The molecule has 0 saturated heterocycles. The molecule has 3 saturated carbocycles. The summed E-state index contributed by atoms with van der Waals surface area (Å²) in [5, 5.41) is 0. The molecular formula is C14H15Br2NO2S. The lowest BCUT2D eigenvalue weighted by Gasteiger charge is -2.12. The summed E-state index contributed by atoms with van der Waals surface area (Å²) in [5.74, 6) is 2.75. The Hall–Kier alpha value is 0.0900. The molecule has 3 aliphatic rings. The van der Waals surface area contributed by atoms with E-state index in [0.29, 0.717) is 21.2 Å². The smallest absolute Gasteiger partial charge is 0.207 e. The first-order valence-corrected chi connectivity index (χ1v) is 10.0. The maximum atomic E-state index is 12.6. The van der Waals surface area contributed by atoms with Crippen molar-refractivity contribution in [1.82, 2.24) is 4.72 Å². The molecule has 0 heterocycles. The first kappa shape index (κ1) is 13.7. The van der Waals surface area contributed by atoms with Gasteiger partial charge in [0.25, 0.3) is 0 Å². The highest BCUT2D eigenvalue weighted by Crippen LogP contribution is 2.65. The van der Waals surface area contributed by atoms with Crippen molar-refractivity contribution in [2.45, 2.75) is 30.2 Å². The lowest BCUT2D eigenvalue weighted by atomic mass is 10.0. The fourth-order valence-electron chi connectivity index (χ4n) is 4.41. The summed E-state index contributed by atoms with van der Waals surface area (Å²) in [4.78, 5) is 0.323. The summed E-state index contributed by atoms with van der Waals surface area (Å²) in [7, 11) is -3.44. The van der Waals surface area contributed by atoms with Crippen molar-refractivity contribution in [3.63, 3.8) is 0 Å². The average molecular weight is 421 g/mol. The third-order valence-corrected chi connectivity index (χ3v) is 8.16. The molecule has 0 amide bonds. The van der Waals surface area contributed by atoms with Crippen molar-refractivity contribution >= 4 is 41.9 Å². The molecule has 4 unspecified atom stereocenters. The molecule has 2 bridgehead atoms. The highest BCUT2D eigenvalue weighted by molar-refractivity contribution is 9.11. The highest BCUT2D eigenvalue weighted by Gasteiger charge is 2.65. The van der Waals surface area contributed by atoms with Gasteiger partial charge in [-0.05, 0) is 77.1 Å². The van der Waals surface area contributed by atoms with Gasteiger partial charge in [-0.3, -0.25) is 0 Å². The molecule has 20 heavy (non-hydrogen) atoms. The van der Waals surface area contributed by atoms with Crippen LogP contribution < -0.4 is 4.72 Å². The van der Waals surface area contributed by atoms with Crippen LogP contribution in [0.25, 0.3) is 0 Å². The molecule has 0 aliphatic heterocycles. The first-order valence-electron chi connectivity index (χ1n) is 6.95. The summed E-state index contributed by atoms with van der Waals surface area (Å²) in [6.07, 6.45) is 3.92. The van der Waals surface area contributed by atoms with E-state index in [0.717, 1.165) is 16.3 Å². The zero-order valence-corrected chi connectivity index (χ0v) is 14.7. The largest absolute Gasteiger partial charge is 0.242 e. The minimum Gasteiger partial charge on any atom is -0.207 e. The van der Waals surface area contributed by atoms with E-state index in [-0.39, 0.29) is 6.04 Å². The highest BCUT2D eigenvalue weighted by atomic mass is 79.9. The molecule has 108 valence electrons. The molecule has 3 nitrogen and oxygen atoms in total. The van der Waals surface area contributed by atoms with Crippen LogP contribution in [0.5, 0.6) is 0 Å². The minimum absolute atomic E-state index is 0.178. The van der Waals surface area contributed by atoms with E-state index in [1.807, 2.05) is 6.07 Å². The topological polar surface area (TPSA) is 46.2 Å². The van der Waals surface area contributed by atoms with Crippen molar-refractivity contribution in [3.8, 4) is 0 Å². The van der Waals surface area contributed by atoms with Gasteiger partial charge in [0.15, 0.2) is 0 Å². The first-order chi connectivity index (χ1) is 9.47. The SMILES string of the molecule is O=S(=O)(NC1C2C3CCC(C3)C12)c1cc(Br)ccc1Br. The number of benzene rings is 1. The Kier molecular flexibility index (Phi) is 3.12. The van der Waals surface area contributed by atoms with Gasteiger partial charge in [-0.15, -0.1) is 0 Å². The Labute approximate surface area is 135 Å². The van der Waals surface area contributed by atoms with Crippen LogP contribution in [-0.4, -0.2) is 14.5 Å². The second kappa shape index (κ2) is 4.54. The summed E-state index contributed by atoms with van der Waals surface area (Å²) in [6, 6.07) is 5.42. The molecule has 0 radical (unpaired) electrons. The Morgan fingerprint density at radius 1 is 1.10 bits per heavy atom. The Balaban J connectivity index is 1.58. The standard InChI is InChI=1S/C14H15Br2NO2S/c15-9-3-4-10(16)11(6-9)20(18,19)17-14-12-7-1-2-8(5-7)13(12)14/h3-4,6-8,12-14,17H,1-2,5H2. The number of halogens is 2. The van der Waals surface area contributed by atoms with Crippen LogP contribution in [0.15, 0.2) is 32.0 Å². The predicted octanol–water partition coefficient (Wildman–Crippen LogP) is 3.53. The van der Waals surface area contributed by atoms with Gasteiger partial charge in [0.1, 0.15) is 0 Å². The second-order valence-corrected chi connectivity index (χ2v) is 9.66. The van der Waals surface area contributed by atoms with Gasteiger partial charge >= 0.3 is 0 Å². The number of fused-ring (bicyclic) bond motifs is 5. The molecule has 6 heteroatoms. The number of rotatable bonds is 3. The molecule has 4 rings (SSSR count). The maximum absolute atomic E-state index is 12.6. The fraction of sp³-hybridized carbons (Fsp3) is 0.571. The van der Waals surface area contributed by atoms with Gasteiger partial charge in [0, 0.05) is 15.0 Å². The Morgan fingerprint density at radius 2 is 1.75 bits per heavy atom. The number of hydrogen-bond acceptors (Lipinski definition) is 2. The van der Waals surface area contributed by atoms with Crippen LogP contribution in [0.2, 0.25) is 0 Å². The predicted molar refractivity (Wildman–Crippen MR) is 83.8 cm³/mol. The molecule has 4 atom stereocenters. The lowest BCUT2D eigenvalue weighted by molar-refractivity contribution is 0.456. The van der Waals surface area contributed by atoms with E-state index in [1.54, 1.807) is 12.1 Å². The molecule has 0 spiro atoms. The maximum Gasteiger partial charge on any atom is 0.242 e. The summed E-state index contributed by atoms with van der Waals surface area (Å²) < 4.78 is 29.4. The van der Waals surface area contributed by atoms with Crippen LogP contribution in [0.1, 0.15) is 19.3 Å². The summed E-state index contributed by atoms with van der Waals surface area (Å²) >= 11 is 6.67. The van der Waals surface area contributed by atoms with E-state index >= 15 is 0 Å². The Morgan fingerprint density at radius 3 is 2.40 bits per heavy atom. The normalized spacial score (nSPS) is 38.0. The molecule has 1 aromatic carbocycles. The fourth-order valence-corrected chi connectivity index (χ4v) is 7.21. The zero-order chi connectivity index (χ0) is 14.1. The van der Waals surface area contributed by atoms with Crippen molar-refractivity contribution in [3.05, 3.63) is 27.1 Å². The van der Waals surface area contributed by atoms with Crippen molar-refractivity contribution in [1.29, 1.82) is 0 Å². The van der Waals surface area contributed by atoms with E-state index < -0.39 is 10.0 Å². The minimum atomic E-state index is -3.44. The monoisotopic (exact) mass is 419 g/mol. The summed E-state index contributed by atoms with van der Waals surface area (Å²) in [6.45, 7) is 0. The van der Waals surface area contributed by atoms with Crippen molar-refractivity contribution in [2.75, 3.05) is 0 Å². The van der Waals surface area contributed by atoms with Crippen LogP contribution in [0.4, 0.5) is 0 Å². The van der Waals surface area contributed by atoms with E-state index in [1.165, 1.54) is 19.3 Å². The summed E-state index contributed by atoms with van der Waals surface area (Å²) in [5.41, 5.74) is 0. The van der Waals surface area contributed by atoms with Gasteiger partial charge in [0.2, 0.25) is 10.0 Å². The van der Waals surface area contributed by atoms with Gasteiger partial charge < -0.3 is 0 Å². The molecule has 1 aromatic rings. The van der Waals surface area contributed by atoms with Gasteiger partial charge in [0.05, 0.1) is 4.90 Å². The van der Waals surface area contributed by atoms with Gasteiger partial charge in [-0.2, -0.15) is 0 Å². The average Bonchev–Trinajstić information content (AvgIpc) is 2.81. The lowest BCUT2D eigenvalue weighted by Crippen LogP contribution is -2.30. The van der Waals surface area contributed by atoms with E-state index in [4.69, 9.17) is 0 Å². The molecular weight excluding hydrogens is 406 g/mol. The Bertz CT molecular complexity index is 660. The van der Waals surface area contributed by atoms with Crippen LogP contribution in [0, 0.1) is 23.7 Å². The molecule has 3 fully saturated rings. The van der Waals surface area contributed by atoms with Gasteiger partial charge in [-0.1, -0.05) is 15.9 Å². The zero-order valence-electron chi connectivity index (χ0n) is 10.7. The third kappa shape index (κ3) is 2.02.